The van der Waals surface area contributed by atoms with E-state index in [9.17, 15) is 5.11 Å². The fraction of sp³-hybridized carbons (Fsp3) is 0.630. The second-order valence-corrected chi connectivity index (χ2v) is 10.2. The van der Waals surface area contributed by atoms with Crippen molar-refractivity contribution in [3.63, 3.8) is 0 Å². The molecule has 1 nitrogen and oxygen atoms in total. The molecule has 4 rings (SSSR count). The highest BCUT2D eigenvalue weighted by Crippen LogP contribution is 2.40. The SMILES string of the molecule is OC(c1cccc(CC2CCCC(C(Cl)C3C=CC=CC3)C2)c1)C1CCCCC1. The molecular weight excluding hydrogens is 376 g/mol. The van der Waals surface area contributed by atoms with Crippen molar-refractivity contribution < 1.29 is 5.11 Å². The first-order chi connectivity index (χ1) is 14.2. The van der Waals surface area contributed by atoms with Crippen LogP contribution in [0.5, 0.6) is 0 Å². The molecule has 2 fully saturated rings. The lowest BCUT2D eigenvalue weighted by Crippen LogP contribution is -2.29. The van der Waals surface area contributed by atoms with Crippen LogP contribution in [0.4, 0.5) is 0 Å². The maximum Gasteiger partial charge on any atom is 0.0818 e. The molecule has 0 amide bonds. The molecule has 0 saturated heterocycles. The van der Waals surface area contributed by atoms with E-state index in [1.54, 1.807) is 0 Å². The number of hydrogen-bond acceptors (Lipinski definition) is 1. The van der Waals surface area contributed by atoms with Gasteiger partial charge in [0.2, 0.25) is 0 Å². The van der Waals surface area contributed by atoms with E-state index in [1.165, 1.54) is 63.4 Å². The third-order valence-corrected chi connectivity index (χ3v) is 8.29. The smallest absolute Gasteiger partial charge is 0.0818 e. The van der Waals surface area contributed by atoms with Gasteiger partial charge in [-0.3, -0.25) is 0 Å². The summed E-state index contributed by atoms with van der Waals surface area (Å²) in [4.78, 5) is 0. The third kappa shape index (κ3) is 5.56. The molecule has 0 heterocycles. The van der Waals surface area contributed by atoms with Crippen molar-refractivity contribution in [3.05, 3.63) is 59.7 Å². The average molecular weight is 413 g/mol. The first kappa shape index (κ1) is 21.2. The van der Waals surface area contributed by atoms with E-state index < -0.39 is 0 Å². The minimum atomic E-state index is -0.285. The lowest BCUT2D eigenvalue weighted by molar-refractivity contribution is 0.0847. The molecular formula is C27H37ClO. The topological polar surface area (TPSA) is 20.2 Å². The van der Waals surface area contributed by atoms with Gasteiger partial charge in [0.05, 0.1) is 6.10 Å². The Bertz CT molecular complexity index is 702. The summed E-state index contributed by atoms with van der Waals surface area (Å²) in [6.07, 6.45) is 22.2. The summed E-state index contributed by atoms with van der Waals surface area (Å²) >= 11 is 6.94. The summed E-state index contributed by atoms with van der Waals surface area (Å²) in [6, 6.07) is 8.83. The number of alkyl halides is 1. The van der Waals surface area contributed by atoms with E-state index in [0.717, 1.165) is 24.3 Å². The van der Waals surface area contributed by atoms with Crippen molar-refractivity contribution in [1.29, 1.82) is 0 Å². The van der Waals surface area contributed by atoms with E-state index in [0.29, 0.717) is 17.8 Å². The molecule has 5 unspecified atom stereocenters. The van der Waals surface area contributed by atoms with Gasteiger partial charge in [-0.25, -0.2) is 0 Å². The highest BCUT2D eigenvalue weighted by molar-refractivity contribution is 6.21. The van der Waals surface area contributed by atoms with Crippen LogP contribution in [0.2, 0.25) is 0 Å². The molecule has 0 aromatic heterocycles. The predicted molar refractivity (Wildman–Crippen MR) is 123 cm³/mol. The average Bonchev–Trinajstić information content (AvgIpc) is 2.79. The summed E-state index contributed by atoms with van der Waals surface area (Å²) in [5, 5.41) is 11.2. The van der Waals surface area contributed by atoms with Crippen LogP contribution >= 0.6 is 11.6 Å². The molecule has 1 aromatic rings. The second-order valence-electron chi connectivity index (χ2n) is 9.74. The van der Waals surface area contributed by atoms with Crippen molar-refractivity contribution >= 4 is 11.6 Å². The number of hydrogen-bond donors (Lipinski definition) is 1. The third-order valence-electron chi connectivity index (χ3n) is 7.61. The number of halogens is 1. The Kier molecular flexibility index (Phi) is 7.54. The predicted octanol–water partition coefficient (Wildman–Crippen LogP) is 7.39. The van der Waals surface area contributed by atoms with E-state index in [4.69, 9.17) is 11.6 Å². The van der Waals surface area contributed by atoms with Crippen LogP contribution in [0.25, 0.3) is 0 Å². The second kappa shape index (κ2) is 10.3. The van der Waals surface area contributed by atoms with Gasteiger partial charge in [-0.05, 0) is 73.3 Å². The number of aliphatic hydroxyl groups is 1. The van der Waals surface area contributed by atoms with E-state index in [1.807, 2.05) is 0 Å². The fourth-order valence-corrected chi connectivity index (χ4v) is 6.37. The lowest BCUT2D eigenvalue weighted by atomic mass is 9.74. The Balaban J connectivity index is 1.36. The molecule has 2 saturated carbocycles. The van der Waals surface area contributed by atoms with Crippen molar-refractivity contribution in [2.75, 3.05) is 0 Å². The van der Waals surface area contributed by atoms with Crippen LogP contribution in [0.3, 0.4) is 0 Å². The number of benzene rings is 1. The molecule has 0 spiro atoms. The van der Waals surface area contributed by atoms with Crippen LogP contribution in [-0.2, 0) is 6.42 Å². The first-order valence-electron chi connectivity index (χ1n) is 11.9. The van der Waals surface area contributed by atoms with Crippen molar-refractivity contribution in [3.8, 4) is 0 Å². The van der Waals surface area contributed by atoms with Crippen molar-refractivity contribution in [2.45, 2.75) is 82.1 Å². The van der Waals surface area contributed by atoms with Gasteiger partial charge in [0, 0.05) is 5.38 Å². The molecule has 0 aliphatic heterocycles. The molecule has 3 aliphatic rings. The fourth-order valence-electron chi connectivity index (χ4n) is 5.95. The van der Waals surface area contributed by atoms with Crippen LogP contribution in [0.1, 0.15) is 81.4 Å². The Labute approximate surface area is 182 Å². The summed E-state index contributed by atoms with van der Waals surface area (Å²) in [5.41, 5.74) is 2.53. The zero-order valence-electron chi connectivity index (χ0n) is 17.7. The number of allylic oxidation sites excluding steroid dienone is 4. The Morgan fingerprint density at radius 2 is 1.79 bits per heavy atom. The normalized spacial score (nSPS) is 30.2. The van der Waals surface area contributed by atoms with Crippen LogP contribution < -0.4 is 0 Å². The minimum absolute atomic E-state index is 0.262. The maximum absolute atomic E-state index is 10.9. The van der Waals surface area contributed by atoms with Gasteiger partial charge in [0.25, 0.3) is 0 Å². The molecule has 3 aliphatic carbocycles. The monoisotopic (exact) mass is 412 g/mol. The highest BCUT2D eigenvalue weighted by atomic mass is 35.5. The van der Waals surface area contributed by atoms with Crippen LogP contribution in [0.15, 0.2) is 48.6 Å². The van der Waals surface area contributed by atoms with Crippen LogP contribution in [-0.4, -0.2) is 10.5 Å². The molecule has 0 radical (unpaired) electrons. The molecule has 29 heavy (non-hydrogen) atoms. The molecule has 5 atom stereocenters. The van der Waals surface area contributed by atoms with Gasteiger partial charge in [0.1, 0.15) is 0 Å². The van der Waals surface area contributed by atoms with Crippen LogP contribution in [0, 0.1) is 23.7 Å². The summed E-state index contributed by atoms with van der Waals surface area (Å²) < 4.78 is 0. The summed E-state index contributed by atoms with van der Waals surface area (Å²) in [5.74, 6) is 2.31. The molecule has 158 valence electrons. The van der Waals surface area contributed by atoms with Gasteiger partial charge in [-0.2, -0.15) is 0 Å². The standard InChI is InChI=1S/C27H37ClO/c28-26(22-11-3-1-4-12-22)24-15-7-9-20(18-24)17-21-10-8-16-25(19-21)27(29)23-13-5-2-6-14-23/h1,3-4,8,10-11,16,19-20,22-24,26-27,29H,2,5-7,9,12-15,17-18H2. The molecule has 0 bridgehead atoms. The number of rotatable bonds is 6. The molecule has 2 heteroatoms. The zero-order valence-corrected chi connectivity index (χ0v) is 18.4. The number of aliphatic hydroxyl groups excluding tert-OH is 1. The lowest BCUT2D eigenvalue weighted by Gasteiger charge is -2.35. The Hall–Kier alpha value is -1.05. The van der Waals surface area contributed by atoms with Gasteiger partial charge in [0.15, 0.2) is 0 Å². The Morgan fingerprint density at radius 3 is 2.59 bits per heavy atom. The minimum Gasteiger partial charge on any atom is -0.388 e. The van der Waals surface area contributed by atoms with Gasteiger partial charge in [-0.15, -0.1) is 11.6 Å². The van der Waals surface area contributed by atoms with Crippen molar-refractivity contribution in [2.24, 2.45) is 23.7 Å². The maximum atomic E-state index is 10.9. The molecule has 1 aromatic carbocycles. The summed E-state index contributed by atoms with van der Waals surface area (Å²) in [7, 11) is 0. The molecule has 1 N–H and O–H groups in total. The summed E-state index contributed by atoms with van der Waals surface area (Å²) in [6.45, 7) is 0. The zero-order chi connectivity index (χ0) is 20.1. The van der Waals surface area contributed by atoms with E-state index >= 15 is 0 Å². The van der Waals surface area contributed by atoms with Gasteiger partial charge >= 0.3 is 0 Å². The van der Waals surface area contributed by atoms with Crippen molar-refractivity contribution in [1.82, 2.24) is 0 Å². The quantitative estimate of drug-likeness (QED) is 0.483. The van der Waals surface area contributed by atoms with E-state index in [-0.39, 0.29) is 11.5 Å². The van der Waals surface area contributed by atoms with Gasteiger partial charge in [-0.1, -0.05) is 80.7 Å². The highest BCUT2D eigenvalue weighted by Gasteiger charge is 2.31. The first-order valence-corrected chi connectivity index (χ1v) is 12.4. The van der Waals surface area contributed by atoms with E-state index in [2.05, 4.69) is 48.6 Å². The Morgan fingerprint density at radius 1 is 0.966 bits per heavy atom. The van der Waals surface area contributed by atoms with Gasteiger partial charge < -0.3 is 5.11 Å². The largest absolute Gasteiger partial charge is 0.388 e.